The van der Waals surface area contributed by atoms with E-state index in [1.165, 1.54) is 0 Å². The van der Waals surface area contributed by atoms with Gasteiger partial charge in [0.05, 0.1) is 24.1 Å². The maximum Gasteiger partial charge on any atom is 0.490 e. The van der Waals surface area contributed by atoms with E-state index in [9.17, 15) is 0 Å². The highest BCUT2D eigenvalue weighted by Gasteiger charge is 2.50. The van der Waals surface area contributed by atoms with Crippen molar-refractivity contribution in [1.82, 2.24) is 4.23 Å². The summed E-state index contributed by atoms with van der Waals surface area (Å²) in [6.45, 7) is 24.7. The summed E-state index contributed by atoms with van der Waals surface area (Å²) >= 11 is 0. The van der Waals surface area contributed by atoms with Crippen LogP contribution in [0.5, 0.6) is 0 Å². The van der Waals surface area contributed by atoms with Crippen LogP contribution < -0.4 is 0 Å². The highest BCUT2D eigenvalue weighted by atomic mass is 28.4. The minimum Gasteiger partial charge on any atom is -0.502 e. The number of rotatable bonds is 8. The molecule has 0 unspecified atom stereocenters. The SMILES string of the molecule is CC1(C)OB(/C=C/OCCCN([Si](C)(C)C)[Si](C)(C)C)OC1(C)C. The van der Waals surface area contributed by atoms with Crippen molar-refractivity contribution in [1.29, 1.82) is 0 Å². The van der Waals surface area contributed by atoms with Crippen molar-refractivity contribution in [2.75, 3.05) is 13.2 Å². The summed E-state index contributed by atoms with van der Waals surface area (Å²) in [6.07, 6.45) is 2.79. The lowest BCUT2D eigenvalue weighted by Crippen LogP contribution is -2.59. The molecule has 0 saturated carbocycles. The summed E-state index contributed by atoms with van der Waals surface area (Å²) in [7, 11) is -2.85. The molecule has 1 saturated heterocycles. The Morgan fingerprint density at radius 2 is 1.38 bits per heavy atom. The van der Waals surface area contributed by atoms with Crippen molar-refractivity contribution < 1.29 is 14.0 Å². The van der Waals surface area contributed by atoms with Crippen LogP contribution in [-0.2, 0) is 14.0 Å². The zero-order valence-electron chi connectivity index (χ0n) is 17.5. The molecule has 1 rings (SSSR count). The quantitative estimate of drug-likeness (QED) is 0.357. The summed E-state index contributed by atoms with van der Waals surface area (Å²) < 4.78 is 20.3. The standard InChI is InChI=1S/C17H38BNO3Si2/c1-16(2)17(3,4)22-18(21-16)12-15-20-14-11-13-19(23(5,6)7)24(8,9)10/h12,15H,11,13-14H2,1-10H3/b15-12+. The maximum absolute atomic E-state index is 5.91. The second-order valence-electron chi connectivity index (χ2n) is 9.67. The molecular weight excluding hydrogens is 333 g/mol. The van der Waals surface area contributed by atoms with E-state index in [-0.39, 0.29) is 18.3 Å². The predicted molar refractivity (Wildman–Crippen MR) is 109 cm³/mol. The molecule has 0 N–H and O–H groups in total. The van der Waals surface area contributed by atoms with Crippen LogP contribution in [-0.4, -0.2) is 52.2 Å². The lowest BCUT2D eigenvalue weighted by Gasteiger charge is -2.43. The summed E-state index contributed by atoms with van der Waals surface area (Å²) in [5.41, 5.74) is -0.589. The molecule has 1 aliphatic rings. The van der Waals surface area contributed by atoms with Crippen LogP contribution >= 0.6 is 0 Å². The number of ether oxygens (including phenoxy) is 1. The van der Waals surface area contributed by atoms with E-state index in [0.29, 0.717) is 0 Å². The van der Waals surface area contributed by atoms with E-state index in [1.54, 1.807) is 6.26 Å². The Morgan fingerprint density at radius 3 is 1.79 bits per heavy atom. The summed E-state index contributed by atoms with van der Waals surface area (Å²) in [5, 5.41) is 0. The Bertz CT molecular complexity index is 412. The van der Waals surface area contributed by atoms with Gasteiger partial charge in [-0.05, 0) is 46.6 Å². The summed E-state index contributed by atoms with van der Waals surface area (Å²) in [6, 6.07) is 0. The van der Waals surface area contributed by atoms with Crippen LogP contribution in [0.4, 0.5) is 0 Å². The maximum atomic E-state index is 5.91. The fourth-order valence-electron chi connectivity index (χ4n) is 3.14. The summed E-state index contributed by atoms with van der Waals surface area (Å²) in [5.74, 6) is 1.87. The van der Waals surface area contributed by atoms with Crippen molar-refractivity contribution in [2.45, 2.75) is 84.6 Å². The Morgan fingerprint density at radius 1 is 0.917 bits per heavy atom. The van der Waals surface area contributed by atoms with Gasteiger partial charge < -0.3 is 18.3 Å². The van der Waals surface area contributed by atoms with Crippen molar-refractivity contribution in [3.05, 3.63) is 12.2 Å². The average Bonchev–Trinajstić information content (AvgIpc) is 2.53. The largest absolute Gasteiger partial charge is 0.502 e. The molecule has 0 aromatic heterocycles. The average molecular weight is 371 g/mol. The molecule has 0 atom stereocenters. The Hall–Kier alpha value is -0.0813. The predicted octanol–water partition coefficient (Wildman–Crippen LogP) is 4.51. The second-order valence-corrected chi connectivity index (χ2v) is 19.9. The van der Waals surface area contributed by atoms with Gasteiger partial charge in [0.1, 0.15) is 16.5 Å². The first-order valence-electron chi connectivity index (χ1n) is 9.08. The molecule has 4 nitrogen and oxygen atoms in total. The monoisotopic (exact) mass is 371 g/mol. The lowest BCUT2D eigenvalue weighted by atomic mass is 9.90. The van der Waals surface area contributed by atoms with Crippen molar-refractivity contribution in [3.8, 4) is 0 Å². The molecule has 140 valence electrons. The first kappa shape index (κ1) is 22.0. The van der Waals surface area contributed by atoms with Crippen molar-refractivity contribution in [2.24, 2.45) is 0 Å². The molecule has 24 heavy (non-hydrogen) atoms. The van der Waals surface area contributed by atoms with Crippen LogP contribution in [0.3, 0.4) is 0 Å². The van der Waals surface area contributed by atoms with Gasteiger partial charge >= 0.3 is 7.12 Å². The highest BCUT2D eigenvalue weighted by Crippen LogP contribution is 2.36. The fourth-order valence-corrected chi connectivity index (χ4v) is 12.8. The third-order valence-electron chi connectivity index (χ3n) is 4.87. The molecule has 0 radical (unpaired) electrons. The van der Waals surface area contributed by atoms with Crippen LogP contribution in [0.1, 0.15) is 34.1 Å². The van der Waals surface area contributed by atoms with Gasteiger partial charge in [-0.1, -0.05) is 39.3 Å². The van der Waals surface area contributed by atoms with Gasteiger partial charge in [0.25, 0.3) is 0 Å². The Labute approximate surface area is 152 Å². The van der Waals surface area contributed by atoms with E-state index in [2.05, 4.69) is 71.2 Å². The summed E-state index contributed by atoms with van der Waals surface area (Å²) in [4.78, 5) is 0. The molecule has 0 aromatic carbocycles. The van der Waals surface area contributed by atoms with Crippen molar-refractivity contribution in [3.63, 3.8) is 0 Å². The molecular formula is C17H38BNO3Si2. The van der Waals surface area contributed by atoms with Crippen LogP contribution in [0, 0.1) is 0 Å². The molecule has 0 aliphatic carbocycles. The Kier molecular flexibility index (Phi) is 7.01. The molecule has 7 heteroatoms. The van der Waals surface area contributed by atoms with Crippen LogP contribution in [0.2, 0.25) is 39.3 Å². The molecule has 0 aromatic rings. The van der Waals surface area contributed by atoms with Gasteiger partial charge in [-0.15, -0.1) is 0 Å². The third-order valence-corrected chi connectivity index (χ3v) is 12.6. The van der Waals surface area contributed by atoms with E-state index in [4.69, 9.17) is 14.0 Å². The topological polar surface area (TPSA) is 30.9 Å². The van der Waals surface area contributed by atoms with E-state index >= 15 is 0 Å². The zero-order valence-corrected chi connectivity index (χ0v) is 19.5. The van der Waals surface area contributed by atoms with E-state index in [1.807, 2.05) is 5.98 Å². The van der Waals surface area contributed by atoms with E-state index in [0.717, 1.165) is 19.6 Å². The van der Waals surface area contributed by atoms with Gasteiger partial charge in [-0.25, -0.2) is 0 Å². The molecule has 1 fully saturated rings. The second kappa shape index (κ2) is 7.66. The molecule has 1 aliphatic heterocycles. The Balaban J connectivity index is 2.37. The number of hydrogen-bond acceptors (Lipinski definition) is 4. The molecule has 0 bridgehead atoms. The van der Waals surface area contributed by atoms with Gasteiger partial charge in [0.2, 0.25) is 0 Å². The lowest BCUT2D eigenvalue weighted by molar-refractivity contribution is 0.00578. The highest BCUT2D eigenvalue weighted by molar-refractivity contribution is 6.89. The normalized spacial score (nSPS) is 21.0. The van der Waals surface area contributed by atoms with Gasteiger partial charge in [-0.3, -0.25) is 0 Å². The minimum absolute atomic E-state index is 0.294. The van der Waals surface area contributed by atoms with Gasteiger partial charge in [-0.2, -0.15) is 0 Å². The molecule has 0 amide bonds. The smallest absolute Gasteiger partial charge is 0.490 e. The molecule has 1 heterocycles. The van der Waals surface area contributed by atoms with Gasteiger partial charge in [0, 0.05) is 0 Å². The number of hydrogen-bond donors (Lipinski definition) is 0. The zero-order chi connectivity index (χ0) is 18.8. The minimum atomic E-state index is -1.26. The van der Waals surface area contributed by atoms with Crippen LogP contribution in [0.25, 0.3) is 0 Å². The third kappa shape index (κ3) is 6.02. The van der Waals surface area contributed by atoms with Crippen molar-refractivity contribution >= 4 is 23.6 Å². The first-order chi connectivity index (χ1) is 10.7. The van der Waals surface area contributed by atoms with Gasteiger partial charge in [0.15, 0.2) is 0 Å². The van der Waals surface area contributed by atoms with E-state index < -0.39 is 16.5 Å². The van der Waals surface area contributed by atoms with Crippen LogP contribution in [0.15, 0.2) is 12.2 Å². The molecule has 0 spiro atoms. The number of nitrogens with zero attached hydrogens (tertiary/aromatic N) is 1. The fraction of sp³-hybridized carbons (Fsp3) is 0.882. The first-order valence-corrected chi connectivity index (χ1v) is 16.0.